The largest absolute Gasteiger partial charge is 0.379 e. The third-order valence-corrected chi connectivity index (χ3v) is 3.59. The monoisotopic (exact) mass is 264 g/mol. The van der Waals surface area contributed by atoms with Gasteiger partial charge < -0.3 is 5.32 Å². The van der Waals surface area contributed by atoms with Gasteiger partial charge in [0.2, 0.25) is 0 Å². The Hall–Kier alpha value is -1.58. The molecule has 0 unspecified atom stereocenters. The minimum absolute atomic E-state index is 0.159. The molecular weight excluding hydrogens is 240 g/mol. The Labute approximate surface area is 115 Å². The molecule has 0 aromatic heterocycles. The second kappa shape index (κ2) is 6.55. The standard InChI is InChI=1S/C15H24N2O2/c1-10(2)13(11(3)4)9-16-14-7-6-12(5)8-15(14)17(18)19/h6-8,10-11,13,16H,9H2,1-5H3. The first-order chi connectivity index (χ1) is 8.82. The van der Waals surface area contributed by atoms with E-state index in [-0.39, 0.29) is 10.6 Å². The third kappa shape index (κ3) is 4.23. The third-order valence-electron chi connectivity index (χ3n) is 3.59. The minimum atomic E-state index is -0.324. The van der Waals surface area contributed by atoms with E-state index in [1.54, 1.807) is 12.1 Å². The summed E-state index contributed by atoms with van der Waals surface area (Å²) in [7, 11) is 0. The van der Waals surface area contributed by atoms with Crippen molar-refractivity contribution in [3.63, 3.8) is 0 Å². The van der Waals surface area contributed by atoms with Crippen LogP contribution in [0.2, 0.25) is 0 Å². The van der Waals surface area contributed by atoms with Crippen molar-refractivity contribution in [3.8, 4) is 0 Å². The Morgan fingerprint density at radius 3 is 2.26 bits per heavy atom. The molecule has 4 nitrogen and oxygen atoms in total. The Kier molecular flexibility index (Phi) is 5.33. The van der Waals surface area contributed by atoms with Gasteiger partial charge in [-0.2, -0.15) is 0 Å². The average Bonchev–Trinajstić information content (AvgIpc) is 2.29. The summed E-state index contributed by atoms with van der Waals surface area (Å²) in [6, 6.07) is 5.31. The van der Waals surface area contributed by atoms with E-state index in [0.717, 1.165) is 12.1 Å². The predicted molar refractivity (Wildman–Crippen MR) is 79.5 cm³/mol. The van der Waals surface area contributed by atoms with E-state index in [1.165, 1.54) is 0 Å². The zero-order chi connectivity index (χ0) is 14.6. The maximum atomic E-state index is 11.1. The topological polar surface area (TPSA) is 55.2 Å². The van der Waals surface area contributed by atoms with E-state index in [1.807, 2.05) is 13.0 Å². The van der Waals surface area contributed by atoms with Gasteiger partial charge >= 0.3 is 0 Å². The normalized spacial score (nSPS) is 11.4. The van der Waals surface area contributed by atoms with Gasteiger partial charge in [0.1, 0.15) is 5.69 Å². The fraction of sp³-hybridized carbons (Fsp3) is 0.600. The van der Waals surface area contributed by atoms with E-state index in [9.17, 15) is 10.1 Å². The van der Waals surface area contributed by atoms with Crippen LogP contribution in [0.4, 0.5) is 11.4 Å². The van der Waals surface area contributed by atoms with E-state index in [2.05, 4.69) is 33.0 Å². The molecular formula is C15H24N2O2. The van der Waals surface area contributed by atoms with Crippen molar-refractivity contribution in [3.05, 3.63) is 33.9 Å². The number of aryl methyl sites for hydroxylation is 1. The predicted octanol–water partition coefficient (Wildman–Crippen LogP) is 4.24. The molecule has 0 aliphatic carbocycles. The molecule has 1 N–H and O–H groups in total. The fourth-order valence-electron chi connectivity index (χ4n) is 2.41. The van der Waals surface area contributed by atoms with Crippen LogP contribution in [0.3, 0.4) is 0 Å². The maximum Gasteiger partial charge on any atom is 0.292 e. The summed E-state index contributed by atoms with van der Waals surface area (Å²) in [6.07, 6.45) is 0. The highest BCUT2D eigenvalue weighted by atomic mass is 16.6. The van der Waals surface area contributed by atoms with Gasteiger partial charge in [-0.15, -0.1) is 0 Å². The number of nitrogens with zero attached hydrogens (tertiary/aromatic N) is 1. The van der Waals surface area contributed by atoms with Crippen LogP contribution in [-0.2, 0) is 0 Å². The van der Waals surface area contributed by atoms with Crippen LogP contribution >= 0.6 is 0 Å². The van der Waals surface area contributed by atoms with Crippen LogP contribution in [0.15, 0.2) is 18.2 Å². The molecule has 0 aliphatic rings. The summed E-state index contributed by atoms with van der Waals surface area (Å²) in [6.45, 7) is 11.4. The lowest BCUT2D eigenvalue weighted by Gasteiger charge is -2.25. The highest BCUT2D eigenvalue weighted by Gasteiger charge is 2.19. The van der Waals surface area contributed by atoms with Crippen LogP contribution in [0.25, 0.3) is 0 Å². The van der Waals surface area contributed by atoms with Gasteiger partial charge in [0.05, 0.1) is 4.92 Å². The smallest absolute Gasteiger partial charge is 0.292 e. The molecule has 0 saturated heterocycles. The van der Waals surface area contributed by atoms with Crippen molar-refractivity contribution in [2.24, 2.45) is 17.8 Å². The van der Waals surface area contributed by atoms with Crippen LogP contribution in [0.5, 0.6) is 0 Å². The van der Waals surface area contributed by atoms with E-state index < -0.39 is 0 Å². The molecule has 0 amide bonds. The molecule has 0 saturated carbocycles. The first kappa shape index (κ1) is 15.5. The highest BCUT2D eigenvalue weighted by molar-refractivity contribution is 5.62. The number of nitro groups is 1. The fourth-order valence-corrected chi connectivity index (χ4v) is 2.41. The molecule has 0 heterocycles. The summed E-state index contributed by atoms with van der Waals surface area (Å²) >= 11 is 0. The molecule has 0 spiro atoms. The Morgan fingerprint density at radius 1 is 1.21 bits per heavy atom. The van der Waals surface area contributed by atoms with Gasteiger partial charge in [-0.3, -0.25) is 10.1 Å². The lowest BCUT2D eigenvalue weighted by Crippen LogP contribution is -2.24. The van der Waals surface area contributed by atoms with Gasteiger partial charge in [-0.25, -0.2) is 0 Å². The van der Waals surface area contributed by atoms with Gasteiger partial charge in [-0.1, -0.05) is 33.8 Å². The summed E-state index contributed by atoms with van der Waals surface area (Å²) in [4.78, 5) is 10.7. The minimum Gasteiger partial charge on any atom is -0.379 e. The number of rotatable bonds is 6. The van der Waals surface area contributed by atoms with Gasteiger partial charge in [-0.05, 0) is 36.3 Å². The number of nitro benzene ring substituents is 1. The van der Waals surface area contributed by atoms with Crippen LogP contribution < -0.4 is 5.32 Å². The van der Waals surface area contributed by atoms with E-state index in [0.29, 0.717) is 23.4 Å². The highest BCUT2D eigenvalue weighted by Crippen LogP contribution is 2.27. The zero-order valence-electron chi connectivity index (χ0n) is 12.4. The second-order valence-electron chi connectivity index (χ2n) is 5.81. The molecule has 0 aliphatic heterocycles. The summed E-state index contributed by atoms with van der Waals surface area (Å²) < 4.78 is 0. The zero-order valence-corrected chi connectivity index (χ0v) is 12.4. The molecule has 4 heteroatoms. The van der Waals surface area contributed by atoms with Crippen molar-refractivity contribution in [2.75, 3.05) is 11.9 Å². The number of benzene rings is 1. The lowest BCUT2D eigenvalue weighted by atomic mass is 9.85. The number of hydrogen-bond donors (Lipinski definition) is 1. The average molecular weight is 264 g/mol. The van der Waals surface area contributed by atoms with E-state index in [4.69, 9.17) is 0 Å². The van der Waals surface area contributed by atoms with Gasteiger partial charge in [0, 0.05) is 12.6 Å². The number of hydrogen-bond acceptors (Lipinski definition) is 3. The molecule has 1 aromatic rings. The van der Waals surface area contributed by atoms with Crippen molar-refractivity contribution in [1.29, 1.82) is 0 Å². The summed E-state index contributed by atoms with van der Waals surface area (Å²) in [5.74, 6) is 1.61. The van der Waals surface area contributed by atoms with Crippen molar-refractivity contribution < 1.29 is 4.92 Å². The van der Waals surface area contributed by atoms with Crippen LogP contribution in [0, 0.1) is 34.8 Å². The molecule has 1 aromatic carbocycles. The Balaban J connectivity index is 2.85. The summed E-state index contributed by atoms with van der Waals surface area (Å²) in [5.41, 5.74) is 1.68. The molecule has 0 bridgehead atoms. The first-order valence-corrected chi connectivity index (χ1v) is 6.81. The maximum absolute atomic E-state index is 11.1. The van der Waals surface area contributed by atoms with E-state index >= 15 is 0 Å². The Bertz CT molecular complexity index is 434. The van der Waals surface area contributed by atoms with Crippen LogP contribution in [0.1, 0.15) is 33.3 Å². The molecule has 0 radical (unpaired) electrons. The van der Waals surface area contributed by atoms with Crippen molar-refractivity contribution in [1.82, 2.24) is 0 Å². The summed E-state index contributed by atoms with van der Waals surface area (Å²) in [5, 5.41) is 14.3. The molecule has 0 fully saturated rings. The molecule has 0 atom stereocenters. The Morgan fingerprint density at radius 2 is 1.79 bits per heavy atom. The lowest BCUT2D eigenvalue weighted by molar-refractivity contribution is -0.384. The first-order valence-electron chi connectivity index (χ1n) is 6.81. The van der Waals surface area contributed by atoms with Crippen molar-refractivity contribution in [2.45, 2.75) is 34.6 Å². The van der Waals surface area contributed by atoms with Crippen molar-refractivity contribution >= 4 is 11.4 Å². The van der Waals surface area contributed by atoms with Crippen LogP contribution in [-0.4, -0.2) is 11.5 Å². The molecule has 19 heavy (non-hydrogen) atoms. The van der Waals surface area contributed by atoms with Gasteiger partial charge in [0.25, 0.3) is 5.69 Å². The molecule has 106 valence electrons. The molecule has 1 rings (SSSR count). The SMILES string of the molecule is Cc1ccc(NCC(C(C)C)C(C)C)c([N+](=O)[O-])c1. The number of anilines is 1. The van der Waals surface area contributed by atoms with Gasteiger partial charge in [0.15, 0.2) is 0 Å². The quantitative estimate of drug-likeness (QED) is 0.617. The second-order valence-corrected chi connectivity index (χ2v) is 5.81. The number of nitrogens with one attached hydrogen (secondary N) is 1.